The zero-order valence-electron chi connectivity index (χ0n) is 12.4. The maximum atomic E-state index is 12.9. The number of hydrogen-bond donors (Lipinski definition) is 0. The van der Waals surface area contributed by atoms with E-state index in [-0.39, 0.29) is 5.78 Å². The average Bonchev–Trinajstić information content (AvgIpc) is 2.55. The number of nitrogens with zero attached hydrogens (tertiary/aromatic N) is 1. The molecule has 0 spiro atoms. The second-order valence-corrected chi connectivity index (χ2v) is 5.94. The number of hydrogen-bond acceptors (Lipinski definition) is 2. The molecule has 0 bridgehead atoms. The van der Waals surface area contributed by atoms with E-state index in [1.807, 2.05) is 31.2 Å². The van der Waals surface area contributed by atoms with Gasteiger partial charge in [-0.05, 0) is 43.3 Å². The number of fused-ring (bicyclic) bond motifs is 1. The van der Waals surface area contributed by atoms with Crippen molar-refractivity contribution < 1.29 is 4.79 Å². The Morgan fingerprint density at radius 3 is 2.39 bits per heavy atom. The van der Waals surface area contributed by atoms with Gasteiger partial charge < -0.3 is 0 Å². The summed E-state index contributed by atoms with van der Waals surface area (Å²) in [5.74, 6) is -0.0828. The highest BCUT2D eigenvalue weighted by molar-refractivity contribution is 6.38. The molecule has 0 aliphatic carbocycles. The number of allylic oxidation sites excluding steroid dienone is 4. The van der Waals surface area contributed by atoms with E-state index in [2.05, 4.69) is 4.99 Å². The van der Waals surface area contributed by atoms with Gasteiger partial charge in [-0.3, -0.25) is 4.79 Å². The zero-order chi connectivity index (χ0) is 16.4. The summed E-state index contributed by atoms with van der Waals surface area (Å²) < 4.78 is 0. The number of aliphatic imine (C=N–C) groups is 1. The molecule has 0 unspecified atom stereocenters. The van der Waals surface area contributed by atoms with Crippen molar-refractivity contribution in [1.82, 2.24) is 0 Å². The number of carbonyl (C=O) groups is 1. The SMILES string of the molecule is C/C=C/C=C1/C(=O)c2cc(Cl)ccc2N=C1c1ccc(Cl)cc1. The van der Waals surface area contributed by atoms with Crippen LogP contribution in [0.25, 0.3) is 0 Å². The summed E-state index contributed by atoms with van der Waals surface area (Å²) in [6.07, 6.45) is 5.47. The minimum Gasteiger partial charge on any atom is -0.288 e. The Bertz CT molecular complexity index is 861. The van der Waals surface area contributed by atoms with Crippen LogP contribution in [0.1, 0.15) is 22.8 Å². The van der Waals surface area contributed by atoms with E-state index in [1.165, 1.54) is 0 Å². The molecule has 0 saturated heterocycles. The molecule has 114 valence electrons. The fourth-order valence-electron chi connectivity index (χ4n) is 2.40. The van der Waals surface area contributed by atoms with Crippen LogP contribution in [0.15, 0.2) is 71.3 Å². The van der Waals surface area contributed by atoms with Crippen LogP contribution >= 0.6 is 23.2 Å². The number of Topliss-reactive ketones (excluding diaryl/α,β-unsaturated/α-hetero) is 1. The minimum absolute atomic E-state index is 0.0828. The standard InChI is InChI=1S/C19H13Cl2NO/c1-2-3-4-15-18(12-5-7-13(20)8-6-12)22-17-10-9-14(21)11-16(17)19(15)23/h2-11H,1H3/b3-2+,15-4+. The Hall–Kier alpha value is -2.16. The molecule has 1 heterocycles. The number of rotatable bonds is 2. The van der Waals surface area contributed by atoms with Gasteiger partial charge in [-0.25, -0.2) is 4.99 Å². The number of ketones is 1. The third-order valence-corrected chi connectivity index (χ3v) is 4.00. The molecular weight excluding hydrogens is 329 g/mol. The largest absolute Gasteiger partial charge is 0.288 e. The average molecular weight is 342 g/mol. The zero-order valence-corrected chi connectivity index (χ0v) is 13.9. The van der Waals surface area contributed by atoms with E-state index < -0.39 is 0 Å². The van der Waals surface area contributed by atoms with Gasteiger partial charge in [0, 0.05) is 26.7 Å². The van der Waals surface area contributed by atoms with Crippen molar-refractivity contribution in [3.05, 3.63) is 87.4 Å². The molecule has 0 saturated carbocycles. The minimum atomic E-state index is -0.0828. The molecule has 0 fully saturated rings. The lowest BCUT2D eigenvalue weighted by Crippen LogP contribution is -2.18. The van der Waals surface area contributed by atoms with E-state index in [9.17, 15) is 4.79 Å². The molecule has 1 aliphatic rings. The van der Waals surface area contributed by atoms with Crippen LogP contribution in [0.4, 0.5) is 5.69 Å². The van der Waals surface area contributed by atoms with Gasteiger partial charge in [0.05, 0.1) is 11.4 Å². The lowest BCUT2D eigenvalue weighted by Gasteiger charge is -2.18. The topological polar surface area (TPSA) is 29.4 Å². The van der Waals surface area contributed by atoms with E-state index >= 15 is 0 Å². The van der Waals surface area contributed by atoms with Gasteiger partial charge in [0.15, 0.2) is 5.78 Å². The summed E-state index contributed by atoms with van der Waals surface area (Å²) in [5.41, 5.74) is 3.17. The predicted octanol–water partition coefficient (Wildman–Crippen LogP) is 5.81. The summed E-state index contributed by atoms with van der Waals surface area (Å²) in [6, 6.07) is 12.4. The Morgan fingerprint density at radius 1 is 1.00 bits per heavy atom. The molecule has 0 atom stereocenters. The molecule has 0 N–H and O–H groups in total. The summed E-state index contributed by atoms with van der Waals surface area (Å²) in [6.45, 7) is 1.90. The van der Waals surface area contributed by atoms with Gasteiger partial charge in [-0.1, -0.05) is 47.5 Å². The molecule has 2 nitrogen and oxygen atoms in total. The molecule has 3 rings (SSSR count). The fraction of sp³-hybridized carbons (Fsp3) is 0.0526. The second kappa shape index (κ2) is 6.53. The monoisotopic (exact) mass is 341 g/mol. The summed E-state index contributed by atoms with van der Waals surface area (Å²) in [5, 5.41) is 1.16. The Kier molecular flexibility index (Phi) is 4.46. The second-order valence-electron chi connectivity index (χ2n) is 5.06. The lowest BCUT2D eigenvalue weighted by atomic mass is 9.90. The third-order valence-electron chi connectivity index (χ3n) is 3.51. The van der Waals surface area contributed by atoms with Crippen LogP contribution in [0.3, 0.4) is 0 Å². The van der Waals surface area contributed by atoms with E-state index in [4.69, 9.17) is 23.2 Å². The van der Waals surface area contributed by atoms with Gasteiger partial charge in [0.1, 0.15) is 0 Å². The van der Waals surface area contributed by atoms with Gasteiger partial charge in [-0.2, -0.15) is 0 Å². The number of benzene rings is 2. The van der Waals surface area contributed by atoms with Crippen molar-refractivity contribution in [2.75, 3.05) is 0 Å². The summed E-state index contributed by atoms with van der Waals surface area (Å²) >= 11 is 12.0. The van der Waals surface area contributed by atoms with Gasteiger partial charge >= 0.3 is 0 Å². The smallest absolute Gasteiger partial charge is 0.197 e. The molecular formula is C19H13Cl2NO. The molecule has 0 radical (unpaired) electrons. The van der Waals surface area contributed by atoms with E-state index in [1.54, 1.807) is 36.4 Å². The van der Waals surface area contributed by atoms with Crippen molar-refractivity contribution in [3.63, 3.8) is 0 Å². The van der Waals surface area contributed by atoms with Gasteiger partial charge in [0.2, 0.25) is 0 Å². The van der Waals surface area contributed by atoms with Crippen molar-refractivity contribution in [1.29, 1.82) is 0 Å². The summed E-state index contributed by atoms with van der Waals surface area (Å²) in [7, 11) is 0. The number of carbonyl (C=O) groups excluding carboxylic acids is 1. The first-order chi connectivity index (χ1) is 11.1. The quantitative estimate of drug-likeness (QED) is 0.633. The first kappa shape index (κ1) is 15.7. The van der Waals surface area contributed by atoms with E-state index in [0.717, 1.165) is 5.56 Å². The fourth-order valence-corrected chi connectivity index (χ4v) is 2.69. The van der Waals surface area contributed by atoms with Gasteiger partial charge in [-0.15, -0.1) is 0 Å². The molecule has 2 aromatic carbocycles. The molecule has 2 aromatic rings. The summed E-state index contributed by atoms with van der Waals surface area (Å²) in [4.78, 5) is 17.5. The van der Waals surface area contributed by atoms with Crippen LogP contribution in [0.2, 0.25) is 10.0 Å². The van der Waals surface area contributed by atoms with Crippen LogP contribution in [0, 0.1) is 0 Å². The van der Waals surface area contributed by atoms with Crippen molar-refractivity contribution in [2.24, 2.45) is 4.99 Å². The molecule has 1 aliphatic heterocycles. The Balaban J connectivity index is 2.22. The molecule has 4 heteroatoms. The first-order valence-corrected chi connectivity index (χ1v) is 7.88. The van der Waals surface area contributed by atoms with Crippen LogP contribution < -0.4 is 0 Å². The highest BCUT2D eigenvalue weighted by Gasteiger charge is 2.26. The first-order valence-electron chi connectivity index (χ1n) is 7.12. The maximum Gasteiger partial charge on any atom is 0.197 e. The van der Waals surface area contributed by atoms with Gasteiger partial charge in [0.25, 0.3) is 0 Å². The van der Waals surface area contributed by atoms with Crippen LogP contribution in [-0.4, -0.2) is 11.5 Å². The molecule has 23 heavy (non-hydrogen) atoms. The van der Waals surface area contributed by atoms with Crippen molar-refractivity contribution >= 4 is 40.4 Å². The highest BCUT2D eigenvalue weighted by Crippen LogP contribution is 2.32. The Morgan fingerprint density at radius 2 is 1.70 bits per heavy atom. The maximum absolute atomic E-state index is 12.9. The van der Waals surface area contributed by atoms with E-state index in [0.29, 0.717) is 32.6 Å². The predicted molar refractivity (Wildman–Crippen MR) is 96.3 cm³/mol. The molecule has 0 amide bonds. The van der Waals surface area contributed by atoms with Crippen molar-refractivity contribution in [2.45, 2.75) is 6.92 Å². The lowest BCUT2D eigenvalue weighted by molar-refractivity contribution is 0.104. The Labute approximate surface area is 144 Å². The molecule has 0 aromatic heterocycles. The van der Waals surface area contributed by atoms with Crippen molar-refractivity contribution in [3.8, 4) is 0 Å². The number of halogens is 2. The normalized spacial score (nSPS) is 15.9. The van der Waals surface area contributed by atoms with Crippen LogP contribution in [0.5, 0.6) is 0 Å². The van der Waals surface area contributed by atoms with Crippen LogP contribution in [-0.2, 0) is 0 Å². The highest BCUT2D eigenvalue weighted by atomic mass is 35.5. The third kappa shape index (κ3) is 3.14.